The second-order valence-electron chi connectivity index (χ2n) is 7.19. The smallest absolute Gasteiger partial charge is 0.433 e. The lowest BCUT2D eigenvalue weighted by molar-refractivity contribution is -0.141. The molecule has 1 amide bonds. The summed E-state index contributed by atoms with van der Waals surface area (Å²) in [6, 6.07) is 5.84. The van der Waals surface area contributed by atoms with Gasteiger partial charge in [-0.1, -0.05) is 0 Å². The minimum Gasteiger partial charge on any atom is -0.480 e. The van der Waals surface area contributed by atoms with Crippen LogP contribution < -0.4 is 11.1 Å². The van der Waals surface area contributed by atoms with Gasteiger partial charge in [-0.25, -0.2) is 15.0 Å². The lowest BCUT2D eigenvalue weighted by Crippen LogP contribution is -2.23. The molecular formula is C22H19F3N6O3. The molecule has 0 spiro atoms. The third kappa shape index (κ3) is 5.52. The Bertz CT molecular complexity index is 1340. The van der Waals surface area contributed by atoms with E-state index in [4.69, 9.17) is 10.8 Å². The normalized spacial score (nSPS) is 12.3. The van der Waals surface area contributed by atoms with Crippen LogP contribution in [0.5, 0.6) is 0 Å². The molecule has 0 fully saturated rings. The Morgan fingerprint density at radius 2 is 1.91 bits per heavy atom. The number of nitrogens with two attached hydrogens (primary N) is 1. The fourth-order valence-corrected chi connectivity index (χ4v) is 3.04. The van der Waals surface area contributed by atoms with Crippen LogP contribution in [0.2, 0.25) is 0 Å². The Balaban J connectivity index is 1.89. The van der Waals surface area contributed by atoms with Crippen molar-refractivity contribution < 1.29 is 27.9 Å². The molecule has 4 N–H and O–H groups in total. The van der Waals surface area contributed by atoms with Gasteiger partial charge in [0.2, 0.25) is 0 Å². The summed E-state index contributed by atoms with van der Waals surface area (Å²) in [6.45, 7) is 2.64. The van der Waals surface area contributed by atoms with Gasteiger partial charge in [0.1, 0.15) is 23.5 Å². The summed E-state index contributed by atoms with van der Waals surface area (Å²) in [5.41, 5.74) is 6.38. The Labute approximate surface area is 191 Å². The molecule has 0 radical (unpaired) electrons. The Morgan fingerprint density at radius 1 is 1.18 bits per heavy atom. The number of carbonyl (C=O) groups is 2. The summed E-state index contributed by atoms with van der Waals surface area (Å²) in [6.07, 6.45) is -1.09. The number of anilines is 1. The molecule has 0 saturated carbocycles. The summed E-state index contributed by atoms with van der Waals surface area (Å²) in [7, 11) is 0. The maximum absolute atomic E-state index is 13.0. The van der Waals surface area contributed by atoms with Gasteiger partial charge in [0.15, 0.2) is 5.82 Å². The number of alkyl halides is 3. The molecule has 3 aromatic rings. The number of aliphatic carboxylic acids is 1. The van der Waals surface area contributed by atoms with E-state index in [0.29, 0.717) is 27.9 Å². The molecule has 12 heteroatoms. The molecule has 0 aliphatic rings. The number of aromatic nitrogens is 3. The van der Waals surface area contributed by atoms with Crippen LogP contribution in [0.4, 0.5) is 18.9 Å². The fourth-order valence-electron chi connectivity index (χ4n) is 3.04. The van der Waals surface area contributed by atoms with Crippen molar-refractivity contribution in [3.8, 4) is 11.4 Å². The minimum absolute atomic E-state index is 0.0258. The minimum atomic E-state index is -4.58. The van der Waals surface area contributed by atoms with Crippen molar-refractivity contribution in [1.82, 2.24) is 15.0 Å². The van der Waals surface area contributed by atoms with Crippen molar-refractivity contribution in [2.24, 2.45) is 10.7 Å². The number of pyridine rings is 1. The molecule has 1 aromatic carbocycles. The first-order valence-electron chi connectivity index (χ1n) is 9.78. The lowest BCUT2D eigenvalue weighted by atomic mass is 10.1. The number of hydrogen-bond donors (Lipinski definition) is 3. The number of hydrogen-bond acceptors (Lipinski definition) is 7. The van der Waals surface area contributed by atoms with Gasteiger partial charge < -0.3 is 16.2 Å². The lowest BCUT2D eigenvalue weighted by Gasteiger charge is -2.11. The third-order valence-electron chi connectivity index (χ3n) is 4.63. The van der Waals surface area contributed by atoms with Crippen LogP contribution in [0.1, 0.15) is 16.8 Å². The summed E-state index contributed by atoms with van der Waals surface area (Å²) >= 11 is 0. The zero-order valence-corrected chi connectivity index (χ0v) is 18.0. The van der Waals surface area contributed by atoms with E-state index in [1.165, 1.54) is 19.2 Å². The van der Waals surface area contributed by atoms with Crippen LogP contribution in [0.25, 0.3) is 22.4 Å². The van der Waals surface area contributed by atoms with Gasteiger partial charge in [-0.2, -0.15) is 13.2 Å². The number of nitrogens with zero attached hydrogens (tertiary/aromatic N) is 4. The van der Waals surface area contributed by atoms with Gasteiger partial charge in [-0.3, -0.25) is 14.6 Å². The average molecular weight is 472 g/mol. The van der Waals surface area contributed by atoms with E-state index in [1.807, 2.05) is 0 Å². The van der Waals surface area contributed by atoms with Crippen molar-refractivity contribution in [2.75, 3.05) is 11.9 Å². The third-order valence-corrected chi connectivity index (χ3v) is 4.63. The van der Waals surface area contributed by atoms with Gasteiger partial charge in [-0.05, 0) is 61.5 Å². The quantitative estimate of drug-likeness (QED) is 0.467. The van der Waals surface area contributed by atoms with Crippen molar-refractivity contribution in [1.29, 1.82) is 0 Å². The SMILES string of the molecule is Cc1cc(-c2ncc3nc(C(F)(F)F)cc(C)c3n2)ccc1NC(=O)C(C=CN)=NCC(=O)O. The van der Waals surface area contributed by atoms with E-state index in [9.17, 15) is 22.8 Å². The van der Waals surface area contributed by atoms with E-state index in [0.717, 1.165) is 12.3 Å². The monoisotopic (exact) mass is 472 g/mol. The number of rotatable bonds is 6. The first-order valence-corrected chi connectivity index (χ1v) is 9.78. The van der Waals surface area contributed by atoms with Crippen LogP contribution in [0, 0.1) is 13.8 Å². The van der Waals surface area contributed by atoms with E-state index < -0.39 is 30.3 Å². The largest absolute Gasteiger partial charge is 0.480 e. The molecule has 3 rings (SSSR count). The van der Waals surface area contributed by atoms with Gasteiger partial charge >= 0.3 is 12.1 Å². The first kappa shape index (κ1) is 24.3. The molecule has 34 heavy (non-hydrogen) atoms. The summed E-state index contributed by atoms with van der Waals surface area (Å²) in [4.78, 5) is 39.0. The zero-order chi connectivity index (χ0) is 25.0. The highest BCUT2D eigenvalue weighted by atomic mass is 19.4. The summed E-state index contributed by atoms with van der Waals surface area (Å²) in [5.74, 6) is -1.58. The number of aryl methyl sites for hydroxylation is 2. The predicted molar refractivity (Wildman–Crippen MR) is 119 cm³/mol. The maximum Gasteiger partial charge on any atom is 0.433 e. The highest BCUT2D eigenvalue weighted by Crippen LogP contribution is 2.31. The Hall–Kier alpha value is -4.35. The first-order chi connectivity index (χ1) is 16.0. The number of nitrogens with one attached hydrogen (secondary N) is 1. The number of carboxylic acid groups (broad SMARTS) is 1. The molecule has 0 bridgehead atoms. The van der Waals surface area contributed by atoms with E-state index in [1.54, 1.807) is 25.1 Å². The number of amides is 1. The number of carboxylic acids is 1. The molecule has 0 aliphatic heterocycles. The fraction of sp³-hybridized carbons (Fsp3) is 0.182. The highest BCUT2D eigenvalue weighted by Gasteiger charge is 2.33. The Morgan fingerprint density at radius 3 is 2.53 bits per heavy atom. The van der Waals surface area contributed by atoms with Gasteiger partial charge in [0.05, 0.1) is 11.7 Å². The molecule has 0 saturated heterocycles. The van der Waals surface area contributed by atoms with Crippen molar-refractivity contribution in [2.45, 2.75) is 20.0 Å². The number of aliphatic imine (C=N–C) groups is 1. The van der Waals surface area contributed by atoms with Gasteiger partial charge in [0, 0.05) is 11.3 Å². The van der Waals surface area contributed by atoms with Gasteiger partial charge in [0.25, 0.3) is 5.91 Å². The van der Waals surface area contributed by atoms with Crippen molar-refractivity contribution in [3.05, 3.63) is 59.6 Å². The second-order valence-corrected chi connectivity index (χ2v) is 7.19. The zero-order valence-electron chi connectivity index (χ0n) is 18.0. The molecular weight excluding hydrogens is 453 g/mol. The molecule has 2 heterocycles. The number of benzene rings is 1. The molecule has 0 aliphatic carbocycles. The Kier molecular flexibility index (Phi) is 6.89. The standard InChI is InChI=1S/C22H19F3N6O3/c1-11-7-13(3-4-14(11)30-21(34)15(5-6-26)27-10-18(32)33)20-28-9-16-19(31-20)12(2)8-17(29-16)22(23,24)25/h3-9H,10,26H2,1-2H3,(H,30,34)(H,32,33). The second kappa shape index (κ2) is 9.65. The van der Waals surface area contributed by atoms with E-state index >= 15 is 0 Å². The highest BCUT2D eigenvalue weighted by molar-refractivity contribution is 6.47. The molecule has 9 nitrogen and oxygen atoms in total. The topological polar surface area (TPSA) is 143 Å². The van der Waals surface area contributed by atoms with Crippen LogP contribution in [0.3, 0.4) is 0 Å². The number of carbonyl (C=O) groups excluding carboxylic acids is 1. The van der Waals surface area contributed by atoms with Gasteiger partial charge in [-0.15, -0.1) is 0 Å². The molecule has 176 valence electrons. The van der Waals surface area contributed by atoms with E-state index in [-0.39, 0.29) is 17.1 Å². The summed E-state index contributed by atoms with van der Waals surface area (Å²) in [5, 5.41) is 11.4. The predicted octanol–water partition coefficient (Wildman–Crippen LogP) is 3.26. The van der Waals surface area contributed by atoms with Crippen LogP contribution >= 0.6 is 0 Å². The number of fused-ring (bicyclic) bond motifs is 1. The van der Waals surface area contributed by atoms with Crippen molar-refractivity contribution in [3.63, 3.8) is 0 Å². The van der Waals surface area contributed by atoms with Crippen LogP contribution in [0.15, 0.2) is 47.7 Å². The average Bonchev–Trinajstić information content (AvgIpc) is 2.77. The van der Waals surface area contributed by atoms with Crippen molar-refractivity contribution >= 4 is 34.3 Å². The van der Waals surface area contributed by atoms with E-state index in [2.05, 4.69) is 25.3 Å². The maximum atomic E-state index is 13.0. The molecule has 0 atom stereocenters. The summed E-state index contributed by atoms with van der Waals surface area (Å²) < 4.78 is 39.0. The van der Waals surface area contributed by atoms with Crippen LogP contribution in [-0.2, 0) is 15.8 Å². The molecule has 2 aromatic heterocycles. The number of halogens is 3. The molecule has 0 unspecified atom stereocenters. The van der Waals surface area contributed by atoms with Crippen LogP contribution in [-0.4, -0.2) is 44.2 Å².